The van der Waals surface area contributed by atoms with Gasteiger partial charge in [0.2, 0.25) is 0 Å². The summed E-state index contributed by atoms with van der Waals surface area (Å²) < 4.78 is 24.5. The number of hydrogen-bond donors (Lipinski definition) is 2. The van der Waals surface area contributed by atoms with Gasteiger partial charge in [-0.3, -0.25) is 0 Å². The van der Waals surface area contributed by atoms with Gasteiger partial charge >= 0.3 is 0 Å². The summed E-state index contributed by atoms with van der Waals surface area (Å²) in [6.45, 7) is 21.1. The lowest BCUT2D eigenvalue weighted by Crippen LogP contribution is -2.69. The zero-order valence-corrected chi connectivity index (χ0v) is 19.1. The fourth-order valence-corrected chi connectivity index (χ4v) is 3.26. The van der Waals surface area contributed by atoms with Crippen molar-refractivity contribution < 1.29 is 29.2 Å². The summed E-state index contributed by atoms with van der Waals surface area (Å²) in [7, 11) is 0. The molecule has 162 valence electrons. The van der Waals surface area contributed by atoms with Gasteiger partial charge in [0.05, 0.1) is 22.9 Å². The van der Waals surface area contributed by atoms with Crippen molar-refractivity contribution in [3.8, 4) is 0 Å². The smallest absolute Gasteiger partial charge is 0.116 e. The first-order valence-corrected chi connectivity index (χ1v) is 9.96. The molecule has 0 saturated heterocycles. The van der Waals surface area contributed by atoms with Crippen LogP contribution in [0.25, 0.3) is 0 Å². The molecule has 0 amide bonds. The van der Waals surface area contributed by atoms with Crippen molar-refractivity contribution in [3.05, 3.63) is 0 Å². The monoisotopic (exact) mass is 390 g/mol. The van der Waals surface area contributed by atoms with E-state index in [4.69, 9.17) is 18.9 Å². The van der Waals surface area contributed by atoms with E-state index in [1.54, 1.807) is 0 Å². The standard InChI is InChI=1S/C21H42O6/c1-12(2)24-16-13(22)15(25-19(3,4)5)14(23)17(26-20(6,7)8)18(16)27-21(9,10)11/h12-18,22-23H,1-11H3. The first kappa shape index (κ1) is 24.8. The highest BCUT2D eigenvalue weighted by Crippen LogP contribution is 2.36. The highest BCUT2D eigenvalue weighted by Gasteiger charge is 2.55. The van der Waals surface area contributed by atoms with Gasteiger partial charge in [0.1, 0.15) is 36.6 Å². The first-order chi connectivity index (χ1) is 11.9. The molecule has 6 nitrogen and oxygen atoms in total. The van der Waals surface area contributed by atoms with E-state index in [0.29, 0.717) is 0 Å². The molecule has 1 aliphatic carbocycles. The average molecular weight is 391 g/mol. The second kappa shape index (κ2) is 8.64. The van der Waals surface area contributed by atoms with Crippen LogP contribution in [0.2, 0.25) is 0 Å². The van der Waals surface area contributed by atoms with Gasteiger partial charge in [-0.05, 0) is 76.2 Å². The molecule has 0 aromatic heterocycles. The maximum atomic E-state index is 11.1. The van der Waals surface area contributed by atoms with Crippen molar-refractivity contribution in [2.24, 2.45) is 0 Å². The number of ether oxygens (including phenoxy) is 4. The summed E-state index contributed by atoms with van der Waals surface area (Å²) >= 11 is 0. The minimum atomic E-state index is -1.06. The van der Waals surface area contributed by atoms with E-state index in [-0.39, 0.29) is 6.10 Å². The molecule has 1 fully saturated rings. The Balaban J connectivity index is 3.35. The number of aliphatic hydroxyl groups excluding tert-OH is 2. The average Bonchev–Trinajstić information content (AvgIpc) is 2.40. The van der Waals surface area contributed by atoms with Crippen molar-refractivity contribution in [1.29, 1.82) is 0 Å². The van der Waals surface area contributed by atoms with Crippen LogP contribution in [0, 0.1) is 0 Å². The van der Waals surface area contributed by atoms with Gasteiger partial charge in [0.15, 0.2) is 0 Å². The van der Waals surface area contributed by atoms with Crippen LogP contribution in [0.3, 0.4) is 0 Å². The lowest BCUT2D eigenvalue weighted by Gasteiger charge is -2.51. The van der Waals surface area contributed by atoms with Gasteiger partial charge in [-0.15, -0.1) is 0 Å². The van der Waals surface area contributed by atoms with Crippen LogP contribution < -0.4 is 0 Å². The van der Waals surface area contributed by atoms with E-state index < -0.39 is 53.4 Å². The van der Waals surface area contributed by atoms with E-state index in [2.05, 4.69) is 0 Å². The lowest BCUT2D eigenvalue weighted by molar-refractivity contribution is -0.306. The third-order valence-electron chi connectivity index (χ3n) is 3.89. The summed E-state index contributed by atoms with van der Waals surface area (Å²) in [5.74, 6) is 0. The molecule has 0 radical (unpaired) electrons. The van der Waals surface area contributed by atoms with Crippen molar-refractivity contribution in [2.75, 3.05) is 0 Å². The molecule has 0 aromatic rings. The molecule has 0 heterocycles. The van der Waals surface area contributed by atoms with Crippen LogP contribution in [-0.2, 0) is 18.9 Å². The molecule has 6 unspecified atom stereocenters. The summed E-state index contributed by atoms with van der Waals surface area (Å²) in [4.78, 5) is 0. The van der Waals surface area contributed by atoms with Crippen molar-refractivity contribution in [1.82, 2.24) is 0 Å². The number of rotatable bonds is 5. The molecular weight excluding hydrogens is 348 g/mol. The Morgan fingerprint density at radius 2 is 0.889 bits per heavy atom. The van der Waals surface area contributed by atoms with Gasteiger partial charge in [-0.25, -0.2) is 0 Å². The molecule has 2 N–H and O–H groups in total. The summed E-state index contributed by atoms with van der Waals surface area (Å²) in [5, 5.41) is 22.1. The van der Waals surface area contributed by atoms with Crippen molar-refractivity contribution >= 4 is 0 Å². The molecule has 0 spiro atoms. The fraction of sp³-hybridized carbons (Fsp3) is 1.00. The van der Waals surface area contributed by atoms with Crippen LogP contribution in [-0.4, -0.2) is 69.7 Å². The molecule has 0 aromatic carbocycles. The molecule has 6 heteroatoms. The Labute approximate surface area is 165 Å². The third-order valence-corrected chi connectivity index (χ3v) is 3.89. The Morgan fingerprint density at radius 3 is 1.26 bits per heavy atom. The van der Waals surface area contributed by atoms with Crippen molar-refractivity contribution in [2.45, 2.75) is 136 Å². The van der Waals surface area contributed by atoms with Gasteiger partial charge in [-0.1, -0.05) is 0 Å². The largest absolute Gasteiger partial charge is 0.387 e. The van der Waals surface area contributed by atoms with Gasteiger partial charge < -0.3 is 29.2 Å². The van der Waals surface area contributed by atoms with Gasteiger partial charge in [0, 0.05) is 0 Å². The third kappa shape index (κ3) is 7.95. The SMILES string of the molecule is CC(C)OC1C(O)C(OC(C)(C)C)C(O)C(OC(C)(C)C)C1OC(C)(C)C. The Hall–Kier alpha value is -0.240. The number of hydrogen-bond acceptors (Lipinski definition) is 6. The number of aliphatic hydroxyl groups is 2. The molecular formula is C21H42O6. The van der Waals surface area contributed by atoms with Crippen LogP contribution >= 0.6 is 0 Å². The normalized spacial score (nSPS) is 33.6. The van der Waals surface area contributed by atoms with E-state index in [9.17, 15) is 10.2 Å². The van der Waals surface area contributed by atoms with Crippen LogP contribution in [0.1, 0.15) is 76.2 Å². The maximum absolute atomic E-state index is 11.1. The van der Waals surface area contributed by atoms with Crippen molar-refractivity contribution in [3.63, 3.8) is 0 Å². The molecule has 27 heavy (non-hydrogen) atoms. The molecule has 0 bridgehead atoms. The fourth-order valence-electron chi connectivity index (χ4n) is 3.26. The topological polar surface area (TPSA) is 77.4 Å². The van der Waals surface area contributed by atoms with Gasteiger partial charge in [0.25, 0.3) is 0 Å². The van der Waals surface area contributed by atoms with E-state index in [1.807, 2.05) is 76.2 Å². The molecule has 0 aliphatic heterocycles. The zero-order chi connectivity index (χ0) is 21.4. The Morgan fingerprint density at radius 1 is 0.556 bits per heavy atom. The van der Waals surface area contributed by atoms with Crippen LogP contribution in [0.4, 0.5) is 0 Å². The predicted molar refractivity (Wildman–Crippen MR) is 106 cm³/mol. The summed E-state index contributed by atoms with van der Waals surface area (Å²) in [5.41, 5.74) is -1.55. The summed E-state index contributed by atoms with van der Waals surface area (Å²) in [6.07, 6.45) is -5.11. The molecule has 6 atom stereocenters. The molecule has 1 saturated carbocycles. The summed E-state index contributed by atoms with van der Waals surface area (Å²) in [6, 6.07) is 0. The van der Waals surface area contributed by atoms with E-state index in [1.165, 1.54) is 0 Å². The van der Waals surface area contributed by atoms with Gasteiger partial charge in [-0.2, -0.15) is 0 Å². The lowest BCUT2D eigenvalue weighted by atomic mass is 9.83. The Kier molecular flexibility index (Phi) is 7.93. The predicted octanol–water partition coefficient (Wildman–Crippen LogP) is 3.07. The van der Waals surface area contributed by atoms with E-state index >= 15 is 0 Å². The highest BCUT2D eigenvalue weighted by atomic mass is 16.6. The zero-order valence-electron chi connectivity index (χ0n) is 19.1. The minimum Gasteiger partial charge on any atom is -0.387 e. The molecule has 1 aliphatic rings. The van der Waals surface area contributed by atoms with Crippen LogP contribution in [0.15, 0.2) is 0 Å². The van der Waals surface area contributed by atoms with Crippen LogP contribution in [0.5, 0.6) is 0 Å². The minimum absolute atomic E-state index is 0.128. The second-order valence-electron chi connectivity index (χ2n) is 10.7. The Bertz CT molecular complexity index is 457. The van der Waals surface area contributed by atoms with E-state index in [0.717, 1.165) is 0 Å². The highest BCUT2D eigenvalue weighted by molar-refractivity contribution is 5.04. The molecule has 1 rings (SSSR count). The quantitative estimate of drug-likeness (QED) is 0.751. The first-order valence-electron chi connectivity index (χ1n) is 9.96. The maximum Gasteiger partial charge on any atom is 0.116 e. The second-order valence-corrected chi connectivity index (χ2v) is 10.7.